The molecule has 0 aliphatic carbocycles. The van der Waals surface area contributed by atoms with E-state index >= 15 is 0 Å². The summed E-state index contributed by atoms with van der Waals surface area (Å²) in [5, 5.41) is 19.8. The lowest BCUT2D eigenvalue weighted by molar-refractivity contribution is -0.118. The highest BCUT2D eigenvalue weighted by atomic mass is 16.2. The number of rotatable bonds is 5. The minimum atomic E-state index is -0.277. The van der Waals surface area contributed by atoms with Gasteiger partial charge in [0, 0.05) is 44.8 Å². The van der Waals surface area contributed by atoms with Crippen molar-refractivity contribution in [2.45, 2.75) is 25.8 Å². The van der Waals surface area contributed by atoms with Gasteiger partial charge in [0.05, 0.1) is 11.6 Å². The number of amides is 5. The first-order chi connectivity index (χ1) is 13.0. The van der Waals surface area contributed by atoms with Crippen LogP contribution < -0.4 is 21.3 Å². The minimum Gasteiger partial charge on any atom is -0.355 e. The Morgan fingerprint density at radius 3 is 2.33 bits per heavy atom. The minimum absolute atomic E-state index is 0.00438. The molecule has 1 aliphatic rings. The molecule has 1 fully saturated rings. The first-order valence-corrected chi connectivity index (χ1v) is 8.83. The molecule has 1 aromatic rings. The molecule has 0 radical (unpaired) electrons. The molecule has 1 saturated heterocycles. The van der Waals surface area contributed by atoms with Crippen molar-refractivity contribution in [3.05, 3.63) is 29.8 Å². The second-order valence-corrected chi connectivity index (χ2v) is 6.26. The third-order valence-electron chi connectivity index (χ3n) is 4.17. The molecule has 1 heterocycles. The quantitative estimate of drug-likeness (QED) is 0.575. The van der Waals surface area contributed by atoms with Crippen LogP contribution in [0.3, 0.4) is 0 Å². The third kappa shape index (κ3) is 6.86. The first-order valence-electron chi connectivity index (χ1n) is 8.83. The Balaban J connectivity index is 1.68. The molecule has 27 heavy (non-hydrogen) atoms. The summed E-state index contributed by atoms with van der Waals surface area (Å²) in [6.07, 6.45) is 1.33. The molecule has 9 nitrogen and oxygen atoms in total. The number of hydrogen-bond donors (Lipinski definition) is 4. The lowest BCUT2D eigenvalue weighted by Gasteiger charge is -2.32. The van der Waals surface area contributed by atoms with Crippen molar-refractivity contribution in [3.8, 4) is 6.07 Å². The van der Waals surface area contributed by atoms with Crippen LogP contribution in [-0.4, -0.2) is 55.1 Å². The van der Waals surface area contributed by atoms with E-state index in [4.69, 9.17) is 5.26 Å². The lowest BCUT2D eigenvalue weighted by Crippen LogP contribution is -2.50. The normalized spacial score (nSPS) is 14.0. The standard InChI is InChI=1S/C18H24N6O3/c1-13(25)20-8-9-21-17(26)22-16-6-10-24(11-7-16)18(27)23-15-4-2-14(12-19)3-5-15/h2-5,16H,6-11H2,1H3,(H,20,25)(H,23,27)(H2,21,22,26). The molecule has 0 unspecified atom stereocenters. The van der Waals surface area contributed by atoms with E-state index in [0.29, 0.717) is 50.3 Å². The van der Waals surface area contributed by atoms with Crippen LogP contribution in [0.1, 0.15) is 25.3 Å². The molecule has 1 aliphatic heterocycles. The number of nitriles is 1. The van der Waals surface area contributed by atoms with Crippen LogP contribution in [0.25, 0.3) is 0 Å². The molecule has 0 spiro atoms. The SMILES string of the molecule is CC(=O)NCCNC(=O)NC1CCN(C(=O)Nc2ccc(C#N)cc2)CC1. The van der Waals surface area contributed by atoms with Crippen molar-refractivity contribution < 1.29 is 14.4 Å². The third-order valence-corrected chi connectivity index (χ3v) is 4.17. The molecule has 2 rings (SSSR count). The molecule has 0 atom stereocenters. The average Bonchev–Trinajstić information content (AvgIpc) is 2.66. The Morgan fingerprint density at radius 2 is 1.74 bits per heavy atom. The van der Waals surface area contributed by atoms with Crippen molar-refractivity contribution in [1.29, 1.82) is 5.26 Å². The molecular formula is C18H24N6O3. The van der Waals surface area contributed by atoms with E-state index in [1.165, 1.54) is 6.92 Å². The molecule has 9 heteroatoms. The highest BCUT2D eigenvalue weighted by Crippen LogP contribution is 2.14. The summed E-state index contributed by atoms with van der Waals surface area (Å²) in [7, 11) is 0. The van der Waals surface area contributed by atoms with Crippen LogP contribution in [0.2, 0.25) is 0 Å². The number of benzene rings is 1. The van der Waals surface area contributed by atoms with Crippen LogP contribution in [0, 0.1) is 11.3 Å². The van der Waals surface area contributed by atoms with E-state index in [9.17, 15) is 14.4 Å². The van der Waals surface area contributed by atoms with Crippen LogP contribution in [0.4, 0.5) is 15.3 Å². The zero-order valence-electron chi connectivity index (χ0n) is 15.2. The zero-order chi connectivity index (χ0) is 19.6. The number of nitrogens with zero attached hydrogens (tertiary/aromatic N) is 2. The smallest absolute Gasteiger partial charge is 0.321 e. The van der Waals surface area contributed by atoms with Gasteiger partial charge in [0.25, 0.3) is 0 Å². The number of hydrogen-bond acceptors (Lipinski definition) is 4. The Bertz CT molecular complexity index is 705. The van der Waals surface area contributed by atoms with E-state index in [0.717, 1.165) is 0 Å². The number of likely N-dealkylation sites (tertiary alicyclic amines) is 1. The molecule has 4 N–H and O–H groups in total. The average molecular weight is 372 g/mol. The van der Waals surface area contributed by atoms with Crippen LogP contribution in [0.5, 0.6) is 0 Å². The van der Waals surface area contributed by atoms with Gasteiger partial charge < -0.3 is 26.2 Å². The predicted octanol–water partition coefficient (Wildman–Crippen LogP) is 0.990. The number of piperidine rings is 1. The van der Waals surface area contributed by atoms with Gasteiger partial charge in [-0.1, -0.05) is 0 Å². The highest BCUT2D eigenvalue weighted by molar-refractivity contribution is 5.89. The van der Waals surface area contributed by atoms with Gasteiger partial charge in [-0.3, -0.25) is 4.79 Å². The maximum Gasteiger partial charge on any atom is 0.321 e. The van der Waals surface area contributed by atoms with E-state index in [1.54, 1.807) is 29.2 Å². The summed E-state index contributed by atoms with van der Waals surface area (Å²) >= 11 is 0. The summed E-state index contributed by atoms with van der Waals surface area (Å²) in [6, 6.07) is 8.24. The van der Waals surface area contributed by atoms with Crippen molar-refractivity contribution >= 4 is 23.7 Å². The van der Waals surface area contributed by atoms with Gasteiger partial charge in [0.2, 0.25) is 5.91 Å². The Labute approximate surface area is 158 Å². The number of urea groups is 2. The highest BCUT2D eigenvalue weighted by Gasteiger charge is 2.23. The largest absolute Gasteiger partial charge is 0.355 e. The Kier molecular flexibility index (Phi) is 7.43. The van der Waals surface area contributed by atoms with Crippen LogP contribution in [-0.2, 0) is 4.79 Å². The van der Waals surface area contributed by atoms with Gasteiger partial charge in [-0.05, 0) is 37.1 Å². The van der Waals surface area contributed by atoms with Gasteiger partial charge in [0.15, 0.2) is 0 Å². The van der Waals surface area contributed by atoms with Crippen molar-refractivity contribution in [2.75, 3.05) is 31.5 Å². The Hall–Kier alpha value is -3.28. The number of carbonyl (C=O) groups is 3. The topological polar surface area (TPSA) is 126 Å². The molecule has 0 aromatic heterocycles. The summed E-state index contributed by atoms with van der Waals surface area (Å²) in [4.78, 5) is 36.6. The maximum atomic E-state index is 12.3. The van der Waals surface area contributed by atoms with E-state index in [1.807, 2.05) is 6.07 Å². The second-order valence-electron chi connectivity index (χ2n) is 6.26. The Morgan fingerprint density at radius 1 is 1.11 bits per heavy atom. The molecular weight excluding hydrogens is 348 g/mol. The molecule has 0 bridgehead atoms. The lowest BCUT2D eigenvalue weighted by atomic mass is 10.1. The number of anilines is 1. The van der Waals surface area contributed by atoms with Gasteiger partial charge in [-0.15, -0.1) is 0 Å². The number of carbonyl (C=O) groups excluding carboxylic acids is 3. The summed E-state index contributed by atoms with van der Waals surface area (Å²) in [5.41, 5.74) is 1.17. The van der Waals surface area contributed by atoms with Gasteiger partial charge in [-0.25, -0.2) is 9.59 Å². The maximum absolute atomic E-state index is 12.3. The van der Waals surface area contributed by atoms with Gasteiger partial charge in [0.1, 0.15) is 0 Å². The fourth-order valence-corrected chi connectivity index (χ4v) is 2.71. The number of nitrogens with one attached hydrogen (secondary N) is 4. The predicted molar refractivity (Wildman–Crippen MR) is 100.0 cm³/mol. The second kappa shape index (κ2) is 10.0. The van der Waals surface area contributed by atoms with Gasteiger partial charge in [-0.2, -0.15) is 5.26 Å². The zero-order valence-corrected chi connectivity index (χ0v) is 15.2. The van der Waals surface area contributed by atoms with E-state index in [2.05, 4.69) is 21.3 Å². The van der Waals surface area contributed by atoms with Crippen LogP contribution >= 0.6 is 0 Å². The van der Waals surface area contributed by atoms with Gasteiger partial charge >= 0.3 is 12.1 Å². The summed E-state index contributed by atoms with van der Waals surface area (Å²) in [6.45, 7) is 3.25. The van der Waals surface area contributed by atoms with Crippen LogP contribution in [0.15, 0.2) is 24.3 Å². The fourth-order valence-electron chi connectivity index (χ4n) is 2.71. The molecule has 144 valence electrons. The fraction of sp³-hybridized carbons (Fsp3) is 0.444. The summed E-state index contributed by atoms with van der Waals surface area (Å²) in [5.74, 6) is -0.135. The van der Waals surface area contributed by atoms with Crippen molar-refractivity contribution in [3.63, 3.8) is 0 Å². The monoisotopic (exact) mass is 372 g/mol. The van der Waals surface area contributed by atoms with E-state index < -0.39 is 0 Å². The molecule has 1 aromatic carbocycles. The van der Waals surface area contributed by atoms with Crippen molar-refractivity contribution in [1.82, 2.24) is 20.9 Å². The molecule has 5 amide bonds. The first kappa shape index (κ1) is 20.0. The summed E-state index contributed by atoms with van der Waals surface area (Å²) < 4.78 is 0. The van der Waals surface area contributed by atoms with Crippen molar-refractivity contribution in [2.24, 2.45) is 0 Å². The van der Waals surface area contributed by atoms with E-state index in [-0.39, 0.29) is 24.0 Å². The molecule has 0 saturated carbocycles.